The molecule has 1 aromatic rings. The molecule has 18 heavy (non-hydrogen) atoms. The van der Waals surface area contributed by atoms with E-state index in [1.165, 1.54) is 0 Å². The normalized spacial score (nSPS) is 21.8. The van der Waals surface area contributed by atoms with Gasteiger partial charge in [-0.1, -0.05) is 6.07 Å². The van der Waals surface area contributed by atoms with E-state index in [4.69, 9.17) is 15.2 Å². The first-order valence-electron chi connectivity index (χ1n) is 6.58. The summed E-state index contributed by atoms with van der Waals surface area (Å²) >= 11 is 0. The van der Waals surface area contributed by atoms with Crippen LogP contribution in [0.25, 0.3) is 0 Å². The second-order valence-electron chi connectivity index (χ2n) is 5.44. The van der Waals surface area contributed by atoms with Gasteiger partial charge in [0.1, 0.15) is 13.2 Å². The van der Waals surface area contributed by atoms with Gasteiger partial charge in [-0.2, -0.15) is 0 Å². The van der Waals surface area contributed by atoms with Gasteiger partial charge in [-0.25, -0.2) is 0 Å². The van der Waals surface area contributed by atoms with Gasteiger partial charge in [0.15, 0.2) is 11.5 Å². The van der Waals surface area contributed by atoms with E-state index in [-0.39, 0.29) is 5.54 Å². The lowest BCUT2D eigenvalue weighted by Gasteiger charge is -2.39. The SMILES string of the molecule is CC1(N)CCN(c2cccc3c2OCCO3)CC1. The molecule has 0 atom stereocenters. The first-order valence-corrected chi connectivity index (χ1v) is 6.58. The van der Waals surface area contributed by atoms with Crippen LogP contribution in [0.5, 0.6) is 11.5 Å². The highest BCUT2D eigenvalue weighted by molar-refractivity contribution is 5.65. The van der Waals surface area contributed by atoms with Crippen LogP contribution in [-0.4, -0.2) is 31.8 Å². The van der Waals surface area contributed by atoms with Gasteiger partial charge in [0, 0.05) is 18.6 Å². The molecule has 0 aliphatic carbocycles. The van der Waals surface area contributed by atoms with E-state index in [0.717, 1.165) is 43.1 Å². The van der Waals surface area contributed by atoms with Crippen LogP contribution >= 0.6 is 0 Å². The van der Waals surface area contributed by atoms with Crippen molar-refractivity contribution in [3.05, 3.63) is 18.2 Å². The Morgan fingerprint density at radius 1 is 1.17 bits per heavy atom. The van der Waals surface area contributed by atoms with Crippen LogP contribution in [0, 0.1) is 0 Å². The van der Waals surface area contributed by atoms with Gasteiger partial charge < -0.3 is 20.1 Å². The third kappa shape index (κ3) is 2.12. The summed E-state index contributed by atoms with van der Waals surface area (Å²) in [4.78, 5) is 2.35. The summed E-state index contributed by atoms with van der Waals surface area (Å²) in [6.45, 7) is 5.35. The van der Waals surface area contributed by atoms with Crippen molar-refractivity contribution in [1.29, 1.82) is 0 Å². The average Bonchev–Trinajstić information content (AvgIpc) is 2.38. The van der Waals surface area contributed by atoms with Crippen molar-refractivity contribution in [3.8, 4) is 11.5 Å². The zero-order chi connectivity index (χ0) is 12.6. The Labute approximate surface area is 108 Å². The van der Waals surface area contributed by atoms with Crippen LogP contribution in [0.15, 0.2) is 18.2 Å². The summed E-state index contributed by atoms with van der Waals surface area (Å²) in [5, 5.41) is 0. The smallest absolute Gasteiger partial charge is 0.184 e. The van der Waals surface area contributed by atoms with E-state index in [0.29, 0.717) is 13.2 Å². The van der Waals surface area contributed by atoms with E-state index in [2.05, 4.69) is 17.9 Å². The van der Waals surface area contributed by atoms with Gasteiger partial charge in [-0.3, -0.25) is 0 Å². The Kier molecular flexibility index (Phi) is 2.82. The van der Waals surface area contributed by atoms with Crippen molar-refractivity contribution < 1.29 is 9.47 Å². The molecule has 4 heteroatoms. The fourth-order valence-corrected chi connectivity index (χ4v) is 2.57. The molecular formula is C14H20N2O2. The van der Waals surface area contributed by atoms with Crippen molar-refractivity contribution in [3.63, 3.8) is 0 Å². The van der Waals surface area contributed by atoms with Gasteiger partial charge in [0.25, 0.3) is 0 Å². The van der Waals surface area contributed by atoms with Crippen molar-refractivity contribution in [2.75, 3.05) is 31.2 Å². The van der Waals surface area contributed by atoms with Gasteiger partial charge >= 0.3 is 0 Å². The Morgan fingerprint density at radius 3 is 2.67 bits per heavy atom. The van der Waals surface area contributed by atoms with Crippen LogP contribution in [0.4, 0.5) is 5.69 Å². The number of rotatable bonds is 1. The number of hydrogen-bond acceptors (Lipinski definition) is 4. The Balaban J connectivity index is 1.85. The van der Waals surface area contributed by atoms with Crippen molar-refractivity contribution >= 4 is 5.69 Å². The van der Waals surface area contributed by atoms with Crippen molar-refractivity contribution in [1.82, 2.24) is 0 Å². The molecule has 98 valence electrons. The Morgan fingerprint density at radius 2 is 1.89 bits per heavy atom. The summed E-state index contributed by atoms with van der Waals surface area (Å²) in [6.07, 6.45) is 2.02. The molecule has 1 fully saturated rings. The maximum absolute atomic E-state index is 6.17. The molecule has 0 radical (unpaired) electrons. The zero-order valence-electron chi connectivity index (χ0n) is 10.8. The Bertz CT molecular complexity index is 435. The standard InChI is InChI=1S/C14H20N2O2/c1-14(15)5-7-16(8-6-14)11-3-2-4-12-13(11)18-10-9-17-12/h2-4H,5-10,15H2,1H3. The summed E-state index contributed by atoms with van der Waals surface area (Å²) in [6, 6.07) is 6.10. The third-order valence-corrected chi connectivity index (χ3v) is 3.79. The lowest BCUT2D eigenvalue weighted by Crippen LogP contribution is -2.48. The molecule has 2 N–H and O–H groups in total. The van der Waals surface area contributed by atoms with Gasteiger partial charge in [0.2, 0.25) is 0 Å². The molecular weight excluding hydrogens is 228 g/mol. The van der Waals surface area contributed by atoms with Gasteiger partial charge in [0.05, 0.1) is 5.69 Å². The lowest BCUT2D eigenvalue weighted by atomic mass is 9.91. The number of piperidine rings is 1. The monoisotopic (exact) mass is 248 g/mol. The van der Waals surface area contributed by atoms with Crippen LogP contribution in [0.1, 0.15) is 19.8 Å². The van der Waals surface area contributed by atoms with E-state index in [1.54, 1.807) is 0 Å². The molecule has 0 unspecified atom stereocenters. The van der Waals surface area contributed by atoms with E-state index >= 15 is 0 Å². The minimum atomic E-state index is -0.0251. The molecule has 2 aliphatic rings. The summed E-state index contributed by atoms with van der Waals surface area (Å²) in [5.74, 6) is 1.75. The van der Waals surface area contributed by atoms with Crippen LogP contribution in [-0.2, 0) is 0 Å². The lowest BCUT2D eigenvalue weighted by molar-refractivity contribution is 0.171. The molecule has 2 aliphatic heterocycles. The number of nitrogens with two attached hydrogens (primary N) is 1. The first kappa shape index (κ1) is 11.7. The van der Waals surface area contributed by atoms with Crippen LogP contribution in [0.2, 0.25) is 0 Å². The first-order chi connectivity index (χ1) is 8.66. The minimum Gasteiger partial charge on any atom is -0.486 e. The fraction of sp³-hybridized carbons (Fsp3) is 0.571. The maximum Gasteiger partial charge on any atom is 0.184 e. The maximum atomic E-state index is 6.17. The second-order valence-corrected chi connectivity index (χ2v) is 5.44. The van der Waals surface area contributed by atoms with Crippen molar-refractivity contribution in [2.24, 2.45) is 5.73 Å². The summed E-state index contributed by atoms with van der Waals surface area (Å²) in [7, 11) is 0. The molecule has 0 aromatic heterocycles. The predicted octanol–water partition coefficient (Wildman–Crippen LogP) is 1.78. The topological polar surface area (TPSA) is 47.7 Å². The van der Waals surface area contributed by atoms with E-state index in [9.17, 15) is 0 Å². The number of ether oxygens (including phenoxy) is 2. The highest BCUT2D eigenvalue weighted by Crippen LogP contribution is 2.40. The minimum absolute atomic E-state index is 0.0251. The quantitative estimate of drug-likeness (QED) is 0.823. The van der Waals surface area contributed by atoms with E-state index in [1.807, 2.05) is 12.1 Å². The number of nitrogens with zero attached hydrogens (tertiary/aromatic N) is 1. The largest absolute Gasteiger partial charge is 0.486 e. The Hall–Kier alpha value is -1.42. The summed E-state index contributed by atoms with van der Waals surface area (Å²) < 4.78 is 11.4. The summed E-state index contributed by atoms with van der Waals surface area (Å²) in [5.41, 5.74) is 7.29. The molecule has 1 saturated heterocycles. The highest BCUT2D eigenvalue weighted by atomic mass is 16.6. The predicted molar refractivity (Wildman–Crippen MR) is 71.5 cm³/mol. The molecule has 4 nitrogen and oxygen atoms in total. The van der Waals surface area contributed by atoms with Gasteiger partial charge in [-0.05, 0) is 31.9 Å². The molecule has 3 rings (SSSR count). The average molecular weight is 248 g/mol. The molecule has 0 spiro atoms. The number of benzene rings is 1. The molecule has 0 bridgehead atoms. The number of para-hydroxylation sites is 1. The number of fused-ring (bicyclic) bond motifs is 1. The van der Waals surface area contributed by atoms with Crippen molar-refractivity contribution in [2.45, 2.75) is 25.3 Å². The molecule has 2 heterocycles. The van der Waals surface area contributed by atoms with Crippen LogP contribution in [0.3, 0.4) is 0 Å². The third-order valence-electron chi connectivity index (χ3n) is 3.79. The molecule has 0 saturated carbocycles. The fourth-order valence-electron chi connectivity index (χ4n) is 2.57. The second kappa shape index (κ2) is 4.35. The number of anilines is 1. The van der Waals surface area contributed by atoms with E-state index < -0.39 is 0 Å². The van der Waals surface area contributed by atoms with Crippen LogP contribution < -0.4 is 20.1 Å². The highest BCUT2D eigenvalue weighted by Gasteiger charge is 2.28. The molecule has 1 aromatic carbocycles. The molecule has 0 amide bonds. The van der Waals surface area contributed by atoms with Gasteiger partial charge in [-0.15, -0.1) is 0 Å². The number of hydrogen-bond donors (Lipinski definition) is 1. The zero-order valence-corrected chi connectivity index (χ0v) is 10.8.